The normalized spacial score (nSPS) is 16.4. The number of thiazole rings is 1. The van der Waals surface area contributed by atoms with Crippen molar-refractivity contribution < 1.29 is 4.79 Å². The van der Waals surface area contributed by atoms with Crippen LogP contribution in [0.5, 0.6) is 0 Å². The van der Waals surface area contributed by atoms with E-state index in [-0.39, 0.29) is 5.78 Å². The molecule has 2 heterocycles. The summed E-state index contributed by atoms with van der Waals surface area (Å²) in [4.78, 5) is 14.7. The third-order valence-corrected chi connectivity index (χ3v) is 2.07. The van der Waals surface area contributed by atoms with E-state index >= 15 is 0 Å². The van der Waals surface area contributed by atoms with Crippen molar-refractivity contribution in [2.24, 2.45) is 5.10 Å². The van der Waals surface area contributed by atoms with E-state index in [0.29, 0.717) is 6.54 Å². The maximum atomic E-state index is 10.7. The topological polar surface area (TPSA) is 45.6 Å². The first-order valence-corrected chi connectivity index (χ1v) is 3.98. The Morgan fingerprint density at radius 2 is 2.55 bits per heavy atom. The van der Waals surface area contributed by atoms with Crippen molar-refractivity contribution in [3.63, 3.8) is 0 Å². The lowest BCUT2D eigenvalue weighted by molar-refractivity contribution is -0.110. The summed E-state index contributed by atoms with van der Waals surface area (Å²) in [6, 6.07) is 0. The van der Waals surface area contributed by atoms with Crippen LogP contribution in [0.25, 0.3) is 0 Å². The van der Waals surface area contributed by atoms with Crippen LogP contribution in [0.15, 0.2) is 16.7 Å². The van der Waals surface area contributed by atoms with Gasteiger partial charge in [0.25, 0.3) is 0 Å². The number of anilines is 1. The van der Waals surface area contributed by atoms with Gasteiger partial charge in [-0.1, -0.05) is 0 Å². The van der Waals surface area contributed by atoms with Gasteiger partial charge in [0.2, 0.25) is 5.13 Å². The number of Topliss-reactive ketones (excluding diaryl/α,β-unsaturated/α-hetero) is 1. The third-order valence-electron chi connectivity index (χ3n) is 1.29. The number of hydrogen-bond acceptors (Lipinski definition) is 5. The highest BCUT2D eigenvalue weighted by molar-refractivity contribution is 7.13. The molecule has 0 amide bonds. The highest BCUT2D eigenvalue weighted by Gasteiger charge is 2.16. The molecule has 11 heavy (non-hydrogen) atoms. The van der Waals surface area contributed by atoms with Crippen LogP contribution in [0.4, 0.5) is 5.13 Å². The van der Waals surface area contributed by atoms with Crippen LogP contribution in [0.3, 0.4) is 0 Å². The van der Waals surface area contributed by atoms with Gasteiger partial charge in [-0.2, -0.15) is 5.10 Å². The standard InChI is InChI=1S/C6H5N3OS/c10-5-3-8-9(4-5)6-7-1-2-11-6/h1-3H,4H2. The van der Waals surface area contributed by atoms with E-state index < -0.39 is 0 Å². The van der Waals surface area contributed by atoms with Gasteiger partial charge >= 0.3 is 0 Å². The smallest absolute Gasteiger partial charge is 0.206 e. The number of ketones is 1. The van der Waals surface area contributed by atoms with Crippen molar-refractivity contribution in [2.45, 2.75) is 0 Å². The zero-order chi connectivity index (χ0) is 7.68. The molecule has 1 aromatic rings. The lowest BCUT2D eigenvalue weighted by atomic mass is 10.4. The number of hydrogen-bond donors (Lipinski definition) is 0. The minimum absolute atomic E-state index is 0.0280. The SMILES string of the molecule is O=C1C=NN(c2nccs2)C1. The Kier molecular flexibility index (Phi) is 1.43. The summed E-state index contributed by atoms with van der Waals surface area (Å²) < 4.78 is 0. The quantitative estimate of drug-likeness (QED) is 0.612. The van der Waals surface area contributed by atoms with E-state index in [4.69, 9.17) is 0 Å². The van der Waals surface area contributed by atoms with Crippen LogP contribution < -0.4 is 5.01 Å². The fourth-order valence-electron chi connectivity index (χ4n) is 0.824. The van der Waals surface area contributed by atoms with E-state index in [9.17, 15) is 4.79 Å². The molecule has 0 aromatic carbocycles. The summed E-state index contributed by atoms with van der Waals surface area (Å²) in [5.41, 5.74) is 0. The zero-order valence-electron chi connectivity index (χ0n) is 5.60. The predicted octanol–water partition coefficient (Wildman–Crippen LogP) is 0.518. The van der Waals surface area contributed by atoms with Crippen molar-refractivity contribution >= 4 is 28.5 Å². The number of rotatable bonds is 1. The molecule has 0 fully saturated rings. The van der Waals surface area contributed by atoms with Gasteiger partial charge in [0.1, 0.15) is 6.54 Å². The van der Waals surface area contributed by atoms with Gasteiger partial charge in [-0.3, -0.25) is 4.79 Å². The Hall–Kier alpha value is -1.23. The van der Waals surface area contributed by atoms with Crippen LogP contribution in [0.1, 0.15) is 0 Å². The summed E-state index contributed by atoms with van der Waals surface area (Å²) >= 11 is 1.47. The molecular weight excluding hydrogens is 162 g/mol. The number of aromatic nitrogens is 1. The molecule has 5 heteroatoms. The zero-order valence-corrected chi connectivity index (χ0v) is 6.41. The Balaban J connectivity index is 2.21. The molecular formula is C6H5N3OS. The first-order valence-electron chi connectivity index (χ1n) is 3.10. The lowest BCUT2D eigenvalue weighted by Gasteiger charge is -2.06. The van der Waals surface area contributed by atoms with Crippen molar-refractivity contribution in [2.75, 3.05) is 11.6 Å². The van der Waals surface area contributed by atoms with Gasteiger partial charge in [-0.05, 0) is 0 Å². The van der Waals surface area contributed by atoms with Crippen LogP contribution in [-0.2, 0) is 4.79 Å². The number of hydrazone groups is 1. The number of carbonyl (C=O) groups is 1. The minimum Gasteiger partial charge on any atom is -0.291 e. The Bertz CT molecular complexity index is 293. The number of nitrogens with zero attached hydrogens (tertiary/aromatic N) is 3. The Morgan fingerprint density at radius 3 is 3.09 bits per heavy atom. The van der Waals surface area contributed by atoms with E-state index in [1.54, 1.807) is 11.2 Å². The molecule has 0 saturated carbocycles. The van der Waals surface area contributed by atoms with E-state index in [2.05, 4.69) is 10.1 Å². The van der Waals surface area contributed by atoms with Crippen molar-refractivity contribution in [3.05, 3.63) is 11.6 Å². The third kappa shape index (κ3) is 1.14. The second-order valence-corrected chi connectivity index (χ2v) is 2.96. The maximum absolute atomic E-state index is 10.7. The predicted molar refractivity (Wildman–Crippen MR) is 43.0 cm³/mol. The monoisotopic (exact) mass is 167 g/mol. The summed E-state index contributed by atoms with van der Waals surface area (Å²) in [5, 5.41) is 8.08. The maximum Gasteiger partial charge on any atom is 0.206 e. The van der Waals surface area contributed by atoms with E-state index in [0.717, 1.165) is 5.13 Å². The molecule has 1 aliphatic heterocycles. The molecule has 0 saturated heterocycles. The van der Waals surface area contributed by atoms with Gasteiger partial charge < -0.3 is 0 Å². The molecule has 0 bridgehead atoms. The largest absolute Gasteiger partial charge is 0.291 e. The molecule has 0 aliphatic carbocycles. The van der Waals surface area contributed by atoms with Crippen LogP contribution in [0, 0.1) is 0 Å². The van der Waals surface area contributed by atoms with E-state index in [1.807, 2.05) is 5.38 Å². The number of carbonyl (C=O) groups excluding carboxylic acids is 1. The molecule has 0 atom stereocenters. The molecule has 1 aliphatic rings. The molecule has 0 N–H and O–H groups in total. The summed E-state index contributed by atoms with van der Waals surface area (Å²) in [6.45, 7) is 0.327. The molecule has 1 aromatic heterocycles. The van der Waals surface area contributed by atoms with Gasteiger partial charge in [0.05, 0.1) is 6.21 Å². The minimum atomic E-state index is 0.0280. The van der Waals surface area contributed by atoms with Crippen molar-refractivity contribution in [1.82, 2.24) is 4.98 Å². The van der Waals surface area contributed by atoms with Gasteiger partial charge in [-0.25, -0.2) is 9.99 Å². The van der Waals surface area contributed by atoms with Crippen molar-refractivity contribution in [1.29, 1.82) is 0 Å². The molecule has 56 valence electrons. The lowest BCUT2D eigenvalue weighted by Crippen LogP contribution is -2.16. The summed E-state index contributed by atoms with van der Waals surface area (Å²) in [7, 11) is 0. The van der Waals surface area contributed by atoms with E-state index in [1.165, 1.54) is 17.6 Å². The fourth-order valence-corrected chi connectivity index (χ4v) is 1.42. The average Bonchev–Trinajstić information content (AvgIpc) is 2.55. The summed E-state index contributed by atoms with van der Waals surface area (Å²) in [6.07, 6.45) is 3.01. The highest BCUT2D eigenvalue weighted by atomic mass is 32.1. The average molecular weight is 167 g/mol. The molecule has 0 radical (unpaired) electrons. The fraction of sp³-hybridized carbons (Fsp3) is 0.167. The Labute approximate surface area is 67.2 Å². The molecule has 4 nitrogen and oxygen atoms in total. The second kappa shape index (κ2) is 2.43. The first kappa shape index (κ1) is 6.48. The van der Waals surface area contributed by atoms with Crippen LogP contribution in [-0.4, -0.2) is 23.5 Å². The first-order chi connectivity index (χ1) is 5.36. The van der Waals surface area contributed by atoms with Crippen molar-refractivity contribution in [3.8, 4) is 0 Å². The molecule has 0 unspecified atom stereocenters. The van der Waals surface area contributed by atoms with Gasteiger partial charge in [0, 0.05) is 11.6 Å². The summed E-state index contributed by atoms with van der Waals surface area (Å²) in [5.74, 6) is 0.0280. The van der Waals surface area contributed by atoms with Crippen LogP contribution >= 0.6 is 11.3 Å². The molecule has 0 spiro atoms. The van der Waals surface area contributed by atoms with Gasteiger partial charge in [0.15, 0.2) is 5.78 Å². The Morgan fingerprint density at radius 1 is 1.64 bits per heavy atom. The second-order valence-electron chi connectivity index (χ2n) is 2.08. The molecule has 2 rings (SSSR count). The highest BCUT2D eigenvalue weighted by Crippen LogP contribution is 2.18. The van der Waals surface area contributed by atoms with Crippen LogP contribution in [0.2, 0.25) is 0 Å². The van der Waals surface area contributed by atoms with Gasteiger partial charge in [-0.15, -0.1) is 11.3 Å².